The number of nitrogens with one attached hydrogen (secondary N) is 1. The predicted molar refractivity (Wildman–Crippen MR) is 93.2 cm³/mol. The van der Waals surface area contributed by atoms with Gasteiger partial charge in [-0.2, -0.15) is 0 Å². The highest BCUT2D eigenvalue weighted by molar-refractivity contribution is 7.13. The summed E-state index contributed by atoms with van der Waals surface area (Å²) in [6.45, 7) is 2.80. The van der Waals surface area contributed by atoms with Crippen LogP contribution in [0.2, 0.25) is 0 Å². The van der Waals surface area contributed by atoms with Crippen molar-refractivity contribution in [1.29, 1.82) is 0 Å². The summed E-state index contributed by atoms with van der Waals surface area (Å²) in [7, 11) is 0. The number of aromatic nitrogens is 1. The Hall–Kier alpha value is -2.67. The minimum Gasteiger partial charge on any atom is -0.494 e. The van der Waals surface area contributed by atoms with Gasteiger partial charge in [-0.1, -0.05) is 6.92 Å². The average molecular weight is 360 g/mol. The van der Waals surface area contributed by atoms with Crippen LogP contribution < -0.4 is 10.1 Å². The third-order valence-corrected chi connectivity index (χ3v) is 4.26. The van der Waals surface area contributed by atoms with Crippen LogP contribution in [-0.4, -0.2) is 17.5 Å². The standard InChI is InChI=1S/C18H17FN2O3S/c1-2-7-23-12-5-6-14(15(19)9-12)18-21-16(11-25-18)17(22)20-10-13-4-3-8-24-13/h3-6,8-9,11H,2,7,10H2,1H3,(H,20,22). The molecule has 0 unspecified atom stereocenters. The number of hydrogen-bond donors (Lipinski definition) is 1. The van der Waals surface area contributed by atoms with E-state index in [0.29, 0.717) is 28.7 Å². The molecule has 5 nitrogen and oxygen atoms in total. The third kappa shape index (κ3) is 4.24. The lowest BCUT2D eigenvalue weighted by Crippen LogP contribution is -2.22. The molecule has 130 valence electrons. The second-order valence-electron chi connectivity index (χ2n) is 5.29. The van der Waals surface area contributed by atoms with Gasteiger partial charge in [0, 0.05) is 17.0 Å². The Bertz CT molecular complexity index is 846. The van der Waals surface area contributed by atoms with Crippen LogP contribution in [0, 0.1) is 5.82 Å². The number of ether oxygens (including phenoxy) is 1. The molecule has 1 aromatic carbocycles. The summed E-state index contributed by atoms with van der Waals surface area (Å²) in [6.07, 6.45) is 2.39. The van der Waals surface area contributed by atoms with Gasteiger partial charge in [-0.15, -0.1) is 11.3 Å². The number of thiazole rings is 1. The maximum absolute atomic E-state index is 14.3. The van der Waals surface area contributed by atoms with E-state index in [1.54, 1.807) is 35.9 Å². The van der Waals surface area contributed by atoms with Gasteiger partial charge in [0.05, 0.1) is 19.4 Å². The molecule has 0 saturated carbocycles. The number of rotatable bonds is 7. The number of furan rings is 1. The van der Waals surface area contributed by atoms with Gasteiger partial charge in [0.25, 0.3) is 5.91 Å². The van der Waals surface area contributed by atoms with E-state index in [0.717, 1.165) is 6.42 Å². The largest absolute Gasteiger partial charge is 0.494 e. The molecule has 2 aromatic heterocycles. The van der Waals surface area contributed by atoms with Crippen LogP contribution in [0.3, 0.4) is 0 Å². The molecule has 0 bridgehead atoms. The number of nitrogens with zero attached hydrogens (tertiary/aromatic N) is 1. The van der Waals surface area contributed by atoms with Gasteiger partial charge in [-0.05, 0) is 30.7 Å². The molecular formula is C18H17FN2O3S. The van der Waals surface area contributed by atoms with Crippen molar-refractivity contribution < 1.29 is 18.3 Å². The van der Waals surface area contributed by atoms with E-state index in [1.807, 2.05) is 6.92 Å². The maximum atomic E-state index is 14.3. The average Bonchev–Trinajstić information content (AvgIpc) is 3.29. The highest BCUT2D eigenvalue weighted by Gasteiger charge is 2.15. The molecular weight excluding hydrogens is 343 g/mol. The third-order valence-electron chi connectivity index (χ3n) is 3.38. The number of carbonyl (C=O) groups excluding carboxylic acids is 1. The van der Waals surface area contributed by atoms with Crippen molar-refractivity contribution in [2.75, 3.05) is 6.61 Å². The van der Waals surface area contributed by atoms with Crippen LogP contribution in [0.5, 0.6) is 5.75 Å². The van der Waals surface area contributed by atoms with Crippen molar-refractivity contribution in [2.24, 2.45) is 0 Å². The van der Waals surface area contributed by atoms with Crippen LogP contribution in [0.15, 0.2) is 46.4 Å². The number of halogens is 1. The topological polar surface area (TPSA) is 64.4 Å². The first-order valence-corrected chi connectivity index (χ1v) is 8.74. The molecule has 0 fully saturated rings. The van der Waals surface area contributed by atoms with E-state index in [9.17, 15) is 9.18 Å². The second kappa shape index (κ2) is 7.94. The Morgan fingerprint density at radius 3 is 3.00 bits per heavy atom. The normalized spacial score (nSPS) is 10.6. The minimum absolute atomic E-state index is 0.247. The fourth-order valence-electron chi connectivity index (χ4n) is 2.15. The quantitative estimate of drug-likeness (QED) is 0.684. The molecule has 3 aromatic rings. The zero-order valence-electron chi connectivity index (χ0n) is 13.6. The van der Waals surface area contributed by atoms with Gasteiger partial charge in [0.2, 0.25) is 0 Å². The molecule has 0 radical (unpaired) electrons. The van der Waals surface area contributed by atoms with Crippen molar-refractivity contribution >= 4 is 17.2 Å². The number of carbonyl (C=O) groups is 1. The number of benzene rings is 1. The lowest BCUT2D eigenvalue weighted by atomic mass is 10.2. The van der Waals surface area contributed by atoms with Crippen molar-refractivity contribution in [3.8, 4) is 16.3 Å². The van der Waals surface area contributed by atoms with Gasteiger partial charge in [-0.3, -0.25) is 4.79 Å². The molecule has 1 N–H and O–H groups in total. The number of amides is 1. The van der Waals surface area contributed by atoms with Crippen LogP contribution in [0.25, 0.3) is 10.6 Å². The molecule has 0 atom stereocenters. The fraction of sp³-hybridized carbons (Fsp3) is 0.222. The SMILES string of the molecule is CCCOc1ccc(-c2nc(C(=O)NCc3ccco3)cs2)c(F)c1. The van der Waals surface area contributed by atoms with Crippen molar-refractivity contribution in [3.05, 3.63) is 59.2 Å². The minimum atomic E-state index is -0.425. The van der Waals surface area contributed by atoms with Crippen molar-refractivity contribution in [3.63, 3.8) is 0 Å². The Balaban J connectivity index is 1.69. The van der Waals surface area contributed by atoms with Gasteiger partial charge >= 0.3 is 0 Å². The summed E-state index contributed by atoms with van der Waals surface area (Å²) in [4.78, 5) is 16.3. The molecule has 0 spiro atoms. The molecule has 0 aliphatic heterocycles. The summed E-state index contributed by atoms with van der Waals surface area (Å²) >= 11 is 1.22. The smallest absolute Gasteiger partial charge is 0.271 e. The van der Waals surface area contributed by atoms with E-state index >= 15 is 0 Å². The summed E-state index contributed by atoms with van der Waals surface area (Å²) in [5.74, 6) is 0.376. The Morgan fingerprint density at radius 1 is 1.40 bits per heavy atom. The fourth-order valence-corrected chi connectivity index (χ4v) is 2.98. The Kier molecular flexibility index (Phi) is 5.45. The van der Waals surface area contributed by atoms with Gasteiger partial charge in [-0.25, -0.2) is 9.37 Å². The molecule has 0 saturated heterocycles. The van der Waals surface area contributed by atoms with Gasteiger partial charge in [0.15, 0.2) is 0 Å². The number of hydrogen-bond acceptors (Lipinski definition) is 5. The molecule has 3 rings (SSSR count). The van der Waals surface area contributed by atoms with Crippen LogP contribution in [0.4, 0.5) is 4.39 Å². The monoisotopic (exact) mass is 360 g/mol. The van der Waals surface area contributed by atoms with E-state index in [-0.39, 0.29) is 18.1 Å². The highest BCUT2D eigenvalue weighted by Crippen LogP contribution is 2.29. The van der Waals surface area contributed by atoms with Crippen LogP contribution in [0.1, 0.15) is 29.6 Å². The predicted octanol–water partition coefficient (Wildman–Crippen LogP) is 4.26. The summed E-state index contributed by atoms with van der Waals surface area (Å²) in [6, 6.07) is 8.17. The molecule has 25 heavy (non-hydrogen) atoms. The van der Waals surface area contributed by atoms with E-state index in [1.165, 1.54) is 17.4 Å². The summed E-state index contributed by atoms with van der Waals surface area (Å²) < 4.78 is 24.8. The highest BCUT2D eigenvalue weighted by atomic mass is 32.1. The Morgan fingerprint density at radius 2 is 2.28 bits per heavy atom. The molecule has 1 amide bonds. The zero-order chi connectivity index (χ0) is 17.6. The molecule has 7 heteroatoms. The summed E-state index contributed by atoms with van der Waals surface area (Å²) in [5.41, 5.74) is 0.594. The summed E-state index contributed by atoms with van der Waals surface area (Å²) in [5, 5.41) is 4.76. The Labute approximate surface area is 148 Å². The maximum Gasteiger partial charge on any atom is 0.271 e. The molecule has 2 heterocycles. The lowest BCUT2D eigenvalue weighted by molar-refractivity contribution is 0.0944. The first-order chi connectivity index (χ1) is 12.2. The first kappa shape index (κ1) is 17.2. The first-order valence-electron chi connectivity index (χ1n) is 7.86. The molecule has 0 aliphatic rings. The lowest BCUT2D eigenvalue weighted by Gasteiger charge is -2.06. The second-order valence-corrected chi connectivity index (χ2v) is 6.15. The van der Waals surface area contributed by atoms with Gasteiger partial charge in [0.1, 0.15) is 28.0 Å². The zero-order valence-corrected chi connectivity index (χ0v) is 14.4. The molecule has 0 aliphatic carbocycles. The van der Waals surface area contributed by atoms with Crippen LogP contribution in [-0.2, 0) is 6.54 Å². The van der Waals surface area contributed by atoms with E-state index < -0.39 is 5.82 Å². The van der Waals surface area contributed by atoms with Crippen molar-refractivity contribution in [1.82, 2.24) is 10.3 Å². The van der Waals surface area contributed by atoms with Crippen molar-refractivity contribution in [2.45, 2.75) is 19.9 Å². The van der Waals surface area contributed by atoms with Crippen LogP contribution >= 0.6 is 11.3 Å². The van der Waals surface area contributed by atoms with E-state index in [2.05, 4.69) is 10.3 Å². The van der Waals surface area contributed by atoms with Gasteiger partial charge < -0.3 is 14.5 Å². The van der Waals surface area contributed by atoms with E-state index in [4.69, 9.17) is 9.15 Å².